The van der Waals surface area contributed by atoms with Gasteiger partial charge in [-0.15, -0.1) is 0 Å². The highest BCUT2D eigenvalue weighted by Gasteiger charge is 2.78. The van der Waals surface area contributed by atoms with Gasteiger partial charge in [0.25, 0.3) is 0 Å². The average Bonchev–Trinajstić information content (AvgIpc) is 3.44. The fourth-order valence-corrected chi connectivity index (χ4v) is 8.12. The van der Waals surface area contributed by atoms with Gasteiger partial charge in [-0.2, -0.15) is 0 Å². The van der Waals surface area contributed by atoms with Crippen LogP contribution in [0.2, 0.25) is 0 Å². The number of carbonyl (C=O) groups is 1. The first-order valence-corrected chi connectivity index (χ1v) is 12.6. The number of nitrogens with zero attached hydrogens (tertiary/aromatic N) is 2. The van der Waals surface area contributed by atoms with Crippen LogP contribution in [0.15, 0.2) is 0 Å². The zero-order valence-electron chi connectivity index (χ0n) is 18.8. The quantitative estimate of drug-likeness (QED) is 0.561. The first-order chi connectivity index (χ1) is 14.5. The maximum Gasteiger partial charge on any atom is 0.311 e. The second kappa shape index (κ2) is 7.16. The van der Waals surface area contributed by atoms with Crippen molar-refractivity contribution in [3.8, 4) is 0 Å². The molecule has 6 aliphatic rings. The number of ether oxygens (including phenoxy) is 2. The van der Waals surface area contributed by atoms with Gasteiger partial charge in [0.15, 0.2) is 0 Å². The maximum atomic E-state index is 13.0. The molecule has 2 aliphatic carbocycles. The van der Waals surface area contributed by atoms with Crippen molar-refractivity contribution in [3.63, 3.8) is 0 Å². The van der Waals surface area contributed by atoms with Crippen LogP contribution in [0.4, 0.5) is 0 Å². The molecule has 4 aliphatic heterocycles. The number of esters is 1. The molecular weight excluding hydrogens is 378 g/mol. The van der Waals surface area contributed by atoms with Crippen molar-refractivity contribution in [1.82, 2.24) is 15.1 Å². The van der Waals surface area contributed by atoms with Crippen molar-refractivity contribution >= 4 is 5.97 Å². The topological polar surface area (TPSA) is 57.3 Å². The molecule has 0 radical (unpaired) electrons. The molecule has 1 N–H and O–H groups in total. The van der Waals surface area contributed by atoms with E-state index in [9.17, 15) is 4.79 Å². The first-order valence-electron chi connectivity index (χ1n) is 12.6. The molecule has 168 valence electrons. The Morgan fingerprint density at radius 3 is 2.73 bits per heavy atom. The summed E-state index contributed by atoms with van der Waals surface area (Å²) in [7, 11) is 0. The lowest BCUT2D eigenvalue weighted by Crippen LogP contribution is -2.57. The fourth-order valence-electron chi connectivity index (χ4n) is 8.12. The van der Waals surface area contributed by atoms with Gasteiger partial charge in [0.05, 0.1) is 18.2 Å². The summed E-state index contributed by atoms with van der Waals surface area (Å²) in [6.07, 6.45) is 9.57. The standard InChI is InChI=1S/C24H39N3O3/c1-16-6-5-8-23(2)14-18-20(21-24(16,23)30-21)17(22(28)29-18)15-26-10-12-27(13-11-26)19-7-3-4-9-25-19/h16-21,25H,3-15H2,1-2H3/t16-,17-,18-,19?,20+,21-,23+,24+/m1/s1. The smallest absolute Gasteiger partial charge is 0.311 e. The van der Waals surface area contributed by atoms with Gasteiger partial charge in [-0.05, 0) is 51.0 Å². The van der Waals surface area contributed by atoms with Crippen molar-refractivity contribution in [2.24, 2.45) is 23.2 Å². The third-order valence-electron chi connectivity index (χ3n) is 9.78. The van der Waals surface area contributed by atoms with E-state index in [0.29, 0.717) is 12.1 Å². The normalized spacial score (nSPS) is 51.6. The number of fused-ring (bicyclic) bond motifs is 2. The Bertz CT molecular complexity index is 689. The second-order valence-corrected chi connectivity index (χ2v) is 11.4. The highest BCUT2D eigenvalue weighted by atomic mass is 16.6. The number of piperidine rings is 1. The Hall–Kier alpha value is -0.690. The largest absolute Gasteiger partial charge is 0.462 e. The molecule has 30 heavy (non-hydrogen) atoms. The van der Waals surface area contributed by atoms with E-state index in [1.807, 2.05) is 0 Å². The Labute approximate surface area is 181 Å². The summed E-state index contributed by atoms with van der Waals surface area (Å²) in [6.45, 7) is 11.1. The van der Waals surface area contributed by atoms with Crippen LogP contribution < -0.4 is 5.32 Å². The van der Waals surface area contributed by atoms with Gasteiger partial charge < -0.3 is 14.8 Å². The van der Waals surface area contributed by atoms with E-state index in [-0.39, 0.29) is 41.0 Å². The average molecular weight is 418 g/mol. The van der Waals surface area contributed by atoms with E-state index in [0.717, 1.165) is 45.7 Å². The lowest BCUT2D eigenvalue weighted by atomic mass is 9.53. The first kappa shape index (κ1) is 20.0. The van der Waals surface area contributed by atoms with Crippen LogP contribution >= 0.6 is 0 Å². The van der Waals surface area contributed by atoms with Crippen LogP contribution in [0.1, 0.15) is 58.8 Å². The van der Waals surface area contributed by atoms with Crippen LogP contribution in [0.25, 0.3) is 0 Å². The van der Waals surface area contributed by atoms with Gasteiger partial charge in [0.1, 0.15) is 11.7 Å². The van der Waals surface area contributed by atoms with Gasteiger partial charge in [0, 0.05) is 44.1 Å². The molecule has 1 spiro atoms. The number of rotatable bonds is 3. The molecule has 0 aromatic rings. The van der Waals surface area contributed by atoms with Crippen LogP contribution in [0.5, 0.6) is 0 Å². The molecular formula is C24H39N3O3. The molecule has 2 saturated carbocycles. The molecule has 0 bridgehead atoms. The molecule has 6 nitrogen and oxygen atoms in total. The minimum atomic E-state index is -0.00240. The zero-order valence-corrected chi connectivity index (χ0v) is 18.8. The van der Waals surface area contributed by atoms with Crippen LogP contribution in [0, 0.1) is 23.2 Å². The van der Waals surface area contributed by atoms with Gasteiger partial charge in [-0.1, -0.05) is 20.3 Å². The van der Waals surface area contributed by atoms with Crippen LogP contribution in [-0.2, 0) is 14.3 Å². The number of epoxide rings is 1. The number of hydrogen-bond donors (Lipinski definition) is 1. The van der Waals surface area contributed by atoms with E-state index >= 15 is 0 Å². The second-order valence-electron chi connectivity index (χ2n) is 11.4. The molecule has 6 rings (SSSR count). The fraction of sp³-hybridized carbons (Fsp3) is 0.958. The molecule has 0 amide bonds. The molecule has 6 fully saturated rings. The van der Waals surface area contributed by atoms with Crippen molar-refractivity contribution in [3.05, 3.63) is 0 Å². The highest BCUT2D eigenvalue weighted by Crippen LogP contribution is 2.70. The Morgan fingerprint density at radius 1 is 1.13 bits per heavy atom. The van der Waals surface area contributed by atoms with E-state index < -0.39 is 0 Å². The minimum Gasteiger partial charge on any atom is -0.462 e. The Kier molecular flexibility index (Phi) is 4.76. The van der Waals surface area contributed by atoms with Gasteiger partial charge in [0.2, 0.25) is 0 Å². The lowest BCUT2D eigenvalue weighted by molar-refractivity contribution is -0.146. The Balaban J connectivity index is 1.12. The lowest BCUT2D eigenvalue weighted by Gasteiger charge is -2.49. The molecule has 0 aromatic heterocycles. The summed E-state index contributed by atoms with van der Waals surface area (Å²) >= 11 is 0. The van der Waals surface area contributed by atoms with Crippen LogP contribution in [0.3, 0.4) is 0 Å². The van der Waals surface area contributed by atoms with Gasteiger partial charge in [-0.3, -0.25) is 14.6 Å². The van der Waals surface area contributed by atoms with Crippen molar-refractivity contribution in [1.29, 1.82) is 0 Å². The summed E-state index contributed by atoms with van der Waals surface area (Å²) in [6, 6.07) is 0. The maximum absolute atomic E-state index is 13.0. The monoisotopic (exact) mass is 417 g/mol. The van der Waals surface area contributed by atoms with E-state index in [1.54, 1.807) is 0 Å². The van der Waals surface area contributed by atoms with Crippen molar-refractivity contribution in [2.75, 3.05) is 39.3 Å². The van der Waals surface area contributed by atoms with E-state index in [2.05, 4.69) is 29.0 Å². The summed E-state index contributed by atoms with van der Waals surface area (Å²) in [5.74, 6) is 0.911. The van der Waals surface area contributed by atoms with Crippen molar-refractivity contribution < 1.29 is 14.3 Å². The summed E-state index contributed by atoms with van der Waals surface area (Å²) < 4.78 is 12.6. The Morgan fingerprint density at radius 2 is 1.97 bits per heavy atom. The highest BCUT2D eigenvalue weighted by molar-refractivity contribution is 5.76. The molecule has 0 aromatic carbocycles. The zero-order chi connectivity index (χ0) is 20.5. The van der Waals surface area contributed by atoms with Crippen LogP contribution in [-0.4, -0.2) is 79.0 Å². The predicted molar refractivity (Wildman–Crippen MR) is 114 cm³/mol. The van der Waals surface area contributed by atoms with E-state index in [4.69, 9.17) is 9.47 Å². The molecule has 8 atom stereocenters. The molecule has 1 unspecified atom stereocenters. The number of piperazine rings is 1. The SMILES string of the molecule is C[C@@H]1CCC[C@@]2(C)C[C@H]3OC(=O)[C@H](CN4CCN(C5CCCCN5)CC4)[C@@H]3[C@H]3O[C@@]132. The summed E-state index contributed by atoms with van der Waals surface area (Å²) in [5, 5.41) is 3.68. The number of carbonyl (C=O) groups excluding carboxylic acids is 1. The summed E-state index contributed by atoms with van der Waals surface area (Å²) in [5.41, 5.74) is 0.203. The molecule has 4 heterocycles. The van der Waals surface area contributed by atoms with Gasteiger partial charge in [-0.25, -0.2) is 0 Å². The third-order valence-corrected chi connectivity index (χ3v) is 9.78. The predicted octanol–water partition coefficient (Wildman–Crippen LogP) is 2.23. The summed E-state index contributed by atoms with van der Waals surface area (Å²) in [4.78, 5) is 18.1. The van der Waals surface area contributed by atoms with Crippen molar-refractivity contribution in [2.45, 2.75) is 82.8 Å². The third kappa shape index (κ3) is 2.86. The minimum absolute atomic E-state index is 0.00240. The number of hydrogen-bond acceptors (Lipinski definition) is 6. The molecule has 6 heteroatoms. The van der Waals surface area contributed by atoms with Gasteiger partial charge >= 0.3 is 5.97 Å². The number of nitrogens with one attached hydrogen (secondary N) is 1. The van der Waals surface area contributed by atoms with E-state index in [1.165, 1.54) is 38.5 Å². The molecule has 4 saturated heterocycles.